The van der Waals surface area contributed by atoms with E-state index in [1.807, 2.05) is 0 Å². The van der Waals surface area contributed by atoms with Gasteiger partial charge in [0.25, 0.3) is 0 Å². The number of ketones is 2. The molecule has 0 aliphatic heterocycles. The van der Waals surface area contributed by atoms with Crippen LogP contribution in [-0.4, -0.2) is 100 Å². The number of hydrogen-bond acceptors (Lipinski definition) is 11. The molecule has 0 radical (unpaired) electrons. The second-order valence-electron chi connectivity index (χ2n) is 8.41. The van der Waals surface area contributed by atoms with E-state index in [0.717, 1.165) is 34.9 Å². The number of ether oxygens (including phenoxy) is 1. The zero-order chi connectivity index (χ0) is 29.2. The van der Waals surface area contributed by atoms with Crippen molar-refractivity contribution in [2.45, 2.75) is 39.2 Å². The van der Waals surface area contributed by atoms with Crippen molar-refractivity contribution in [3.8, 4) is 0 Å². The van der Waals surface area contributed by atoms with Crippen LogP contribution in [0.5, 0.6) is 0 Å². The van der Waals surface area contributed by atoms with Crippen LogP contribution in [0.4, 0.5) is 0 Å². The van der Waals surface area contributed by atoms with Gasteiger partial charge in [0.2, 0.25) is 0 Å². The van der Waals surface area contributed by atoms with Gasteiger partial charge in [-0.2, -0.15) is 25.4 Å². The Morgan fingerprint density at radius 2 is 1.34 bits per heavy atom. The smallest absolute Gasteiger partial charge is 0.308 e. The molecule has 2 aromatic rings. The van der Waals surface area contributed by atoms with Crippen LogP contribution < -0.4 is 0 Å². The number of carbonyl (C=O) groups is 4. The van der Waals surface area contributed by atoms with E-state index < -0.39 is 80.9 Å². The fraction of sp³-hybridized carbons (Fsp3) is 0.500. The number of aromatic nitrogens is 4. The predicted octanol–water partition coefficient (Wildman–Crippen LogP) is -0.514. The van der Waals surface area contributed by atoms with Crippen molar-refractivity contribution < 1.29 is 45.9 Å². The average Bonchev–Trinajstić information content (AvgIpc) is 3.43. The van der Waals surface area contributed by atoms with Gasteiger partial charge in [-0.25, -0.2) is 17.9 Å². The Bertz CT molecular complexity index is 1470. The average molecular weight is 577 g/mol. The summed E-state index contributed by atoms with van der Waals surface area (Å²) in [6.45, 7) is 2.18. The van der Waals surface area contributed by atoms with Crippen LogP contribution in [0, 0.1) is 0 Å². The molecule has 1 unspecified atom stereocenters. The van der Waals surface area contributed by atoms with Crippen molar-refractivity contribution in [1.29, 1.82) is 0 Å². The lowest BCUT2D eigenvalue weighted by Gasteiger charge is -2.15. The fourth-order valence-electron chi connectivity index (χ4n) is 3.04. The molecule has 1 atom stereocenters. The first-order chi connectivity index (χ1) is 17.4. The lowest BCUT2D eigenvalue weighted by molar-refractivity contribution is -0.152. The first-order valence-corrected chi connectivity index (χ1v) is 13.7. The molecule has 210 valence electrons. The molecule has 0 saturated carbocycles. The first kappa shape index (κ1) is 30.7. The van der Waals surface area contributed by atoms with E-state index >= 15 is 0 Å². The lowest BCUT2D eigenvalue weighted by atomic mass is 10.1. The van der Waals surface area contributed by atoms with Gasteiger partial charge < -0.3 is 9.84 Å². The normalized spacial score (nSPS) is 13.1. The second-order valence-corrected chi connectivity index (χ2v) is 12.4. The van der Waals surface area contributed by atoms with Gasteiger partial charge in [0.05, 0.1) is 18.5 Å². The highest BCUT2D eigenvalue weighted by Gasteiger charge is 2.31. The predicted molar refractivity (Wildman–Crippen MR) is 130 cm³/mol. The largest absolute Gasteiger partial charge is 0.481 e. The molecule has 0 aromatic carbocycles. The number of carboxylic acids is 1. The Morgan fingerprint density at radius 3 is 1.79 bits per heavy atom. The number of rotatable bonds is 13. The van der Waals surface area contributed by atoms with Crippen molar-refractivity contribution >= 4 is 43.9 Å². The third-order valence-electron chi connectivity index (χ3n) is 5.01. The van der Waals surface area contributed by atoms with Crippen LogP contribution in [0.3, 0.4) is 0 Å². The van der Waals surface area contributed by atoms with E-state index in [-0.39, 0.29) is 11.4 Å². The molecule has 38 heavy (non-hydrogen) atoms. The summed E-state index contributed by atoms with van der Waals surface area (Å²) < 4.78 is 59.1. The van der Waals surface area contributed by atoms with Gasteiger partial charge in [0, 0.05) is 60.9 Å². The summed E-state index contributed by atoms with van der Waals surface area (Å²) in [4.78, 5) is 55.6. The maximum atomic E-state index is 12.7. The summed E-state index contributed by atoms with van der Waals surface area (Å²) >= 11 is 0. The summed E-state index contributed by atoms with van der Waals surface area (Å²) in [5.74, 6) is -4.59. The van der Waals surface area contributed by atoms with Crippen LogP contribution in [0.1, 0.15) is 65.4 Å². The number of nitrogens with zero attached hydrogens (tertiary/aromatic N) is 6. The number of hydrogen-bond donors (Lipinski definition) is 1. The molecule has 0 fully saturated rings. The number of Topliss-reactive ketones (excluding diaryl/α,β-unsaturated/α-hetero) is 2. The van der Waals surface area contributed by atoms with Crippen molar-refractivity contribution in [3.05, 3.63) is 35.4 Å². The Morgan fingerprint density at radius 1 is 0.868 bits per heavy atom. The van der Waals surface area contributed by atoms with E-state index in [0.29, 0.717) is 7.94 Å². The molecular formula is C20H28N6O10S2. The van der Waals surface area contributed by atoms with Gasteiger partial charge in [0.1, 0.15) is 5.69 Å². The zero-order valence-corrected chi connectivity index (χ0v) is 23.1. The van der Waals surface area contributed by atoms with Crippen LogP contribution in [-0.2, 0) is 41.2 Å². The molecule has 0 amide bonds. The third kappa shape index (κ3) is 6.69. The minimum Gasteiger partial charge on any atom is -0.481 e. The van der Waals surface area contributed by atoms with Crippen molar-refractivity contribution in [3.63, 3.8) is 0 Å². The fourth-order valence-corrected chi connectivity index (χ4v) is 5.02. The molecule has 2 rings (SSSR count). The number of carboxylic acid groups (broad SMARTS) is 1. The van der Waals surface area contributed by atoms with Gasteiger partial charge in [-0.1, -0.05) is 0 Å². The van der Waals surface area contributed by atoms with Gasteiger partial charge in [-0.05, 0) is 0 Å². The molecule has 0 spiro atoms. The Hall–Kier alpha value is -3.48. The Kier molecular flexibility index (Phi) is 9.30. The van der Waals surface area contributed by atoms with E-state index in [2.05, 4.69) is 9.97 Å². The van der Waals surface area contributed by atoms with Crippen LogP contribution in [0.15, 0.2) is 12.4 Å². The summed E-state index contributed by atoms with van der Waals surface area (Å²) in [5, 5.41) is 8.86. The van der Waals surface area contributed by atoms with Crippen LogP contribution >= 0.6 is 0 Å². The van der Waals surface area contributed by atoms with Gasteiger partial charge in [0.15, 0.2) is 29.3 Å². The summed E-state index contributed by atoms with van der Waals surface area (Å²) in [6, 6.07) is 0. The molecule has 0 aliphatic carbocycles. The monoisotopic (exact) mass is 576 g/mol. The third-order valence-corrected chi connectivity index (χ3v) is 8.41. The molecule has 1 N–H and O–H groups in total. The minimum absolute atomic E-state index is 0.0500. The van der Waals surface area contributed by atoms with Crippen molar-refractivity contribution in [2.75, 3.05) is 28.2 Å². The number of carbonyl (C=O) groups excluding carboxylic acids is 3. The Balaban J connectivity index is 2.65. The molecule has 0 aliphatic rings. The summed E-state index contributed by atoms with van der Waals surface area (Å²) in [7, 11) is -3.47. The SMILES string of the molecule is CC(=O)c1nc(CC(OC(=O)CCC(=O)O)c2cn(S(=O)(=O)N(C)C)c(C(C)=O)n2)cn1S(=O)(=O)N(C)C. The molecule has 18 heteroatoms. The highest BCUT2D eigenvalue weighted by atomic mass is 32.2. The van der Waals surface area contributed by atoms with E-state index in [1.165, 1.54) is 28.2 Å². The topological polar surface area (TPSA) is 208 Å². The zero-order valence-electron chi connectivity index (χ0n) is 21.5. The quantitative estimate of drug-likeness (QED) is 0.236. The molecule has 2 heterocycles. The lowest BCUT2D eigenvalue weighted by Crippen LogP contribution is -2.30. The van der Waals surface area contributed by atoms with Crippen LogP contribution in [0.2, 0.25) is 0 Å². The van der Waals surface area contributed by atoms with Gasteiger partial charge in [-0.3, -0.25) is 19.2 Å². The number of esters is 1. The molecular weight excluding hydrogens is 548 g/mol. The second kappa shape index (κ2) is 11.5. The number of imidazole rings is 2. The maximum absolute atomic E-state index is 12.7. The van der Waals surface area contributed by atoms with Crippen molar-refractivity contribution in [2.24, 2.45) is 0 Å². The standard InChI is InChI=1S/C20H28N6O10S2/c1-12(27)19-21-14(10-25(19)37(32,33)23(3)4)9-16(36-18(31)8-7-17(29)30)15-11-26(20(22-15)13(2)28)38(34,35)24(5)6/h10-11,16H,7-9H2,1-6H3,(H,29,30). The summed E-state index contributed by atoms with van der Waals surface area (Å²) in [6.07, 6.45) is -0.934. The molecule has 0 bridgehead atoms. The van der Waals surface area contributed by atoms with Crippen LogP contribution in [0.25, 0.3) is 0 Å². The molecule has 0 saturated heterocycles. The summed E-state index contributed by atoms with van der Waals surface area (Å²) in [5.41, 5.74) is -0.259. The molecule has 2 aromatic heterocycles. The highest BCUT2D eigenvalue weighted by Crippen LogP contribution is 2.25. The minimum atomic E-state index is -4.23. The van der Waals surface area contributed by atoms with Gasteiger partial charge >= 0.3 is 32.4 Å². The first-order valence-electron chi connectivity index (χ1n) is 10.9. The molecule has 16 nitrogen and oxygen atoms in total. The van der Waals surface area contributed by atoms with E-state index in [9.17, 15) is 36.0 Å². The Labute approximate surface area is 219 Å². The van der Waals surface area contributed by atoms with Gasteiger partial charge in [-0.15, -0.1) is 0 Å². The van der Waals surface area contributed by atoms with E-state index in [1.54, 1.807) is 0 Å². The van der Waals surface area contributed by atoms with Crippen molar-refractivity contribution in [1.82, 2.24) is 26.5 Å². The maximum Gasteiger partial charge on any atom is 0.308 e. The van der Waals surface area contributed by atoms with E-state index in [4.69, 9.17) is 9.84 Å². The number of aliphatic carboxylic acids is 1. The highest BCUT2D eigenvalue weighted by molar-refractivity contribution is 7.87.